The minimum atomic E-state index is 0.567. The van der Waals surface area contributed by atoms with Gasteiger partial charge in [-0.25, -0.2) is 9.97 Å². The predicted octanol–water partition coefficient (Wildman–Crippen LogP) is 10.5. The fraction of sp³-hybridized carbons (Fsp3) is 0. The van der Waals surface area contributed by atoms with Crippen LogP contribution in [0.15, 0.2) is 170 Å². The number of rotatable bonds is 5. The number of nitrogens with zero attached hydrogens (tertiary/aromatic N) is 6. The van der Waals surface area contributed by atoms with Crippen molar-refractivity contribution >= 4 is 43.7 Å². The van der Waals surface area contributed by atoms with Crippen molar-refractivity contribution < 1.29 is 0 Å². The van der Waals surface area contributed by atoms with Gasteiger partial charge in [-0.1, -0.05) is 127 Å². The molecule has 0 amide bonds. The first kappa shape index (κ1) is 28.1. The van der Waals surface area contributed by atoms with E-state index in [9.17, 15) is 0 Å². The van der Waals surface area contributed by atoms with Gasteiger partial charge in [-0.3, -0.25) is 9.13 Å². The summed E-state index contributed by atoms with van der Waals surface area (Å²) >= 11 is 0. The van der Waals surface area contributed by atoms with Crippen LogP contribution in [0.25, 0.3) is 89.3 Å². The predicted molar refractivity (Wildman–Crippen MR) is 203 cm³/mol. The highest BCUT2D eigenvalue weighted by atomic mass is 15.2. The molecule has 0 aliphatic heterocycles. The molecule has 0 aliphatic rings. The van der Waals surface area contributed by atoms with E-state index >= 15 is 0 Å². The van der Waals surface area contributed by atoms with Crippen molar-refractivity contribution in [3.05, 3.63) is 170 Å². The van der Waals surface area contributed by atoms with Crippen LogP contribution in [0.1, 0.15) is 0 Å². The van der Waals surface area contributed by atoms with Crippen LogP contribution in [-0.4, -0.2) is 29.1 Å². The largest absolute Gasteiger partial charge is 0.294 e. The van der Waals surface area contributed by atoms with Crippen LogP contribution in [0.5, 0.6) is 0 Å². The van der Waals surface area contributed by atoms with Gasteiger partial charge in [0, 0.05) is 50.1 Å². The molecule has 0 bridgehead atoms. The van der Waals surface area contributed by atoms with E-state index in [0.717, 1.165) is 71.7 Å². The average molecular weight is 641 g/mol. The number of aromatic nitrogens is 6. The lowest BCUT2D eigenvalue weighted by molar-refractivity contribution is 0.954. The van der Waals surface area contributed by atoms with Gasteiger partial charge in [0.05, 0.1) is 16.6 Å². The molecule has 6 heteroatoms. The second-order valence-electron chi connectivity index (χ2n) is 12.3. The van der Waals surface area contributed by atoms with Crippen LogP contribution in [0.3, 0.4) is 0 Å². The van der Waals surface area contributed by atoms with Gasteiger partial charge in [0.2, 0.25) is 5.95 Å². The van der Waals surface area contributed by atoms with Gasteiger partial charge < -0.3 is 0 Å². The standard InChI is InChI=1S/C44H28N6/c1-4-15-29(16-5-1)41-46-42(30-17-6-2-7-18-30)48-44(47-41)50-37-26-11-10-21-32(37)34-23-12-24-35(40(34)50)33-22-13-27-38-39(33)36-25-14-28-45-43(36)49(38)31-19-8-3-9-20-31/h1-28H. The second-order valence-corrected chi connectivity index (χ2v) is 12.3. The molecule has 10 rings (SSSR count). The molecule has 4 heterocycles. The van der Waals surface area contributed by atoms with E-state index in [2.05, 4.69) is 100 Å². The Hall–Kier alpha value is -6.92. The van der Waals surface area contributed by atoms with Crippen molar-refractivity contribution in [3.8, 4) is 45.5 Å². The van der Waals surface area contributed by atoms with Crippen molar-refractivity contribution in [2.45, 2.75) is 0 Å². The number of hydrogen-bond donors (Lipinski definition) is 0. The molecule has 0 saturated heterocycles. The summed E-state index contributed by atoms with van der Waals surface area (Å²) in [5.41, 5.74) is 9.22. The third-order valence-corrected chi connectivity index (χ3v) is 9.44. The summed E-state index contributed by atoms with van der Waals surface area (Å²) in [5, 5.41) is 4.50. The monoisotopic (exact) mass is 640 g/mol. The summed E-state index contributed by atoms with van der Waals surface area (Å²) in [6, 6.07) is 56.5. The van der Waals surface area contributed by atoms with E-state index < -0.39 is 0 Å². The van der Waals surface area contributed by atoms with Gasteiger partial charge in [0.15, 0.2) is 11.6 Å². The third-order valence-electron chi connectivity index (χ3n) is 9.44. The number of hydrogen-bond acceptors (Lipinski definition) is 4. The summed E-state index contributed by atoms with van der Waals surface area (Å²) in [4.78, 5) is 20.3. The fourth-order valence-corrected chi connectivity index (χ4v) is 7.30. The van der Waals surface area contributed by atoms with Gasteiger partial charge in [0.1, 0.15) is 5.65 Å². The van der Waals surface area contributed by atoms with Gasteiger partial charge in [-0.2, -0.15) is 9.97 Å². The number of para-hydroxylation sites is 3. The zero-order valence-electron chi connectivity index (χ0n) is 26.8. The molecular weight excluding hydrogens is 613 g/mol. The summed E-state index contributed by atoms with van der Waals surface area (Å²) in [5.74, 6) is 1.81. The first-order valence-electron chi connectivity index (χ1n) is 16.7. The zero-order valence-corrected chi connectivity index (χ0v) is 26.8. The fourth-order valence-electron chi connectivity index (χ4n) is 7.30. The molecule has 50 heavy (non-hydrogen) atoms. The van der Waals surface area contributed by atoms with E-state index in [0.29, 0.717) is 17.6 Å². The van der Waals surface area contributed by atoms with E-state index in [1.165, 1.54) is 0 Å². The minimum absolute atomic E-state index is 0.567. The quantitative estimate of drug-likeness (QED) is 0.188. The van der Waals surface area contributed by atoms with Gasteiger partial charge in [-0.05, 0) is 42.0 Å². The molecule has 0 aliphatic carbocycles. The molecule has 4 aromatic heterocycles. The first-order chi connectivity index (χ1) is 24.8. The molecule has 0 unspecified atom stereocenters. The highest BCUT2D eigenvalue weighted by molar-refractivity contribution is 6.20. The molecule has 0 N–H and O–H groups in total. The van der Waals surface area contributed by atoms with Crippen LogP contribution >= 0.6 is 0 Å². The SMILES string of the molecule is c1ccc(-c2nc(-c3ccccc3)nc(-n3c4ccccc4c4cccc(-c5cccc6c5c5cccnc5n6-c5ccccc5)c43)n2)cc1. The molecule has 0 spiro atoms. The minimum Gasteiger partial charge on any atom is -0.294 e. The normalized spacial score (nSPS) is 11.6. The maximum absolute atomic E-state index is 5.19. The Morgan fingerprint density at radius 3 is 1.72 bits per heavy atom. The summed E-state index contributed by atoms with van der Waals surface area (Å²) in [6.07, 6.45) is 1.87. The first-order valence-corrected chi connectivity index (χ1v) is 16.7. The van der Waals surface area contributed by atoms with Crippen molar-refractivity contribution in [3.63, 3.8) is 0 Å². The molecule has 0 fully saturated rings. The van der Waals surface area contributed by atoms with Crippen molar-refractivity contribution in [2.24, 2.45) is 0 Å². The molecule has 0 atom stereocenters. The van der Waals surface area contributed by atoms with E-state index in [1.807, 2.05) is 79.0 Å². The maximum atomic E-state index is 5.19. The lowest BCUT2D eigenvalue weighted by Gasteiger charge is -2.14. The highest BCUT2D eigenvalue weighted by Gasteiger charge is 2.23. The molecule has 0 radical (unpaired) electrons. The van der Waals surface area contributed by atoms with Crippen molar-refractivity contribution in [2.75, 3.05) is 0 Å². The van der Waals surface area contributed by atoms with Crippen LogP contribution < -0.4 is 0 Å². The Balaban J connectivity index is 1.32. The molecule has 6 aromatic carbocycles. The van der Waals surface area contributed by atoms with Gasteiger partial charge >= 0.3 is 0 Å². The third kappa shape index (κ3) is 4.36. The number of benzene rings is 6. The lowest BCUT2D eigenvalue weighted by atomic mass is 9.97. The number of pyridine rings is 1. The smallest absolute Gasteiger partial charge is 0.238 e. The Kier molecular flexibility index (Phi) is 6.39. The molecule has 0 saturated carbocycles. The van der Waals surface area contributed by atoms with E-state index in [-0.39, 0.29) is 0 Å². The molecular formula is C44H28N6. The average Bonchev–Trinajstić information content (AvgIpc) is 3.72. The van der Waals surface area contributed by atoms with Crippen LogP contribution in [-0.2, 0) is 0 Å². The summed E-state index contributed by atoms with van der Waals surface area (Å²) < 4.78 is 4.47. The van der Waals surface area contributed by atoms with Crippen molar-refractivity contribution in [1.82, 2.24) is 29.1 Å². The van der Waals surface area contributed by atoms with E-state index in [1.54, 1.807) is 0 Å². The molecule has 6 nitrogen and oxygen atoms in total. The topological polar surface area (TPSA) is 61.4 Å². The molecule has 234 valence electrons. The summed E-state index contributed by atoms with van der Waals surface area (Å²) in [6.45, 7) is 0. The lowest BCUT2D eigenvalue weighted by Crippen LogP contribution is -2.07. The Labute approximate surface area is 287 Å². The van der Waals surface area contributed by atoms with Crippen molar-refractivity contribution in [1.29, 1.82) is 0 Å². The van der Waals surface area contributed by atoms with Crippen LogP contribution in [0.4, 0.5) is 0 Å². The van der Waals surface area contributed by atoms with E-state index in [4.69, 9.17) is 19.9 Å². The Morgan fingerprint density at radius 2 is 0.980 bits per heavy atom. The maximum Gasteiger partial charge on any atom is 0.238 e. The molecule has 10 aromatic rings. The Morgan fingerprint density at radius 1 is 0.400 bits per heavy atom. The number of fused-ring (bicyclic) bond motifs is 6. The Bertz CT molecular complexity index is 2800. The summed E-state index contributed by atoms with van der Waals surface area (Å²) in [7, 11) is 0. The van der Waals surface area contributed by atoms with Gasteiger partial charge in [-0.15, -0.1) is 0 Å². The zero-order chi connectivity index (χ0) is 33.0. The van der Waals surface area contributed by atoms with Gasteiger partial charge in [0.25, 0.3) is 0 Å². The second kappa shape index (κ2) is 11.4. The van der Waals surface area contributed by atoms with Crippen LogP contribution in [0.2, 0.25) is 0 Å². The van der Waals surface area contributed by atoms with Crippen LogP contribution in [0, 0.1) is 0 Å². The highest BCUT2D eigenvalue weighted by Crippen LogP contribution is 2.43.